The lowest BCUT2D eigenvalue weighted by Gasteiger charge is -2.22. The Kier molecular flexibility index (Phi) is 19.9. The molecule has 0 radical (unpaired) electrons. The van der Waals surface area contributed by atoms with Crippen molar-refractivity contribution >= 4 is 27.7 Å². The second-order valence-electron chi connectivity index (χ2n) is 11.3. The largest absolute Gasteiger partial charge is 0.307 e. The molecule has 0 bridgehead atoms. The molecule has 0 aliphatic rings. The van der Waals surface area contributed by atoms with E-state index in [0.29, 0.717) is 5.39 Å². The van der Waals surface area contributed by atoms with Gasteiger partial charge in [-0.2, -0.15) is 8.42 Å². The molecule has 0 fully saturated rings. The standard InChI is InChI=1S/C34H56O3S.CH2O/c1-4-7-10-13-16-19-24-29-30(25-20-17-14-11-8-5-2)32(27-21-18-15-12-9-6-3)34(38(35,36)37)33-28-23-22-26-31(29)33;1-2/h22-23,26,28H,4-21,24-25,27H2,1-3H3,(H,35,36,37);1H2. The highest BCUT2D eigenvalue weighted by Gasteiger charge is 2.25. The molecule has 2 rings (SSSR count). The first-order chi connectivity index (χ1) is 19.5. The summed E-state index contributed by atoms with van der Waals surface area (Å²) in [6.45, 7) is 8.73. The maximum absolute atomic E-state index is 12.9. The molecule has 0 spiro atoms. The summed E-state index contributed by atoms with van der Waals surface area (Å²) in [7, 11) is -4.33. The van der Waals surface area contributed by atoms with Crippen LogP contribution >= 0.6 is 0 Å². The molecule has 228 valence electrons. The van der Waals surface area contributed by atoms with Crippen LogP contribution in [0.4, 0.5) is 0 Å². The number of aryl methyl sites for hydroxylation is 1. The Balaban J connectivity index is 0.00000391. The minimum absolute atomic E-state index is 0.189. The Bertz CT molecular complexity index is 1050. The van der Waals surface area contributed by atoms with E-state index in [1.165, 1.54) is 101 Å². The van der Waals surface area contributed by atoms with Crippen LogP contribution in [0.5, 0.6) is 0 Å². The number of hydrogen-bond acceptors (Lipinski definition) is 3. The van der Waals surface area contributed by atoms with Gasteiger partial charge in [-0.3, -0.25) is 4.55 Å². The van der Waals surface area contributed by atoms with E-state index in [9.17, 15) is 13.0 Å². The molecule has 2 aromatic rings. The third-order valence-electron chi connectivity index (χ3n) is 8.10. The molecule has 0 amide bonds. The van der Waals surface area contributed by atoms with Crippen LogP contribution in [0.15, 0.2) is 29.2 Å². The number of hydrogen-bond donors (Lipinski definition) is 1. The van der Waals surface area contributed by atoms with Crippen LogP contribution < -0.4 is 0 Å². The van der Waals surface area contributed by atoms with Gasteiger partial charge >= 0.3 is 0 Å². The van der Waals surface area contributed by atoms with Gasteiger partial charge in [0.05, 0.1) is 0 Å². The van der Waals surface area contributed by atoms with Gasteiger partial charge in [-0.25, -0.2) is 0 Å². The van der Waals surface area contributed by atoms with Crippen molar-refractivity contribution < 1.29 is 17.8 Å². The number of carbonyl (C=O) groups is 1. The van der Waals surface area contributed by atoms with E-state index in [1.807, 2.05) is 25.0 Å². The van der Waals surface area contributed by atoms with Crippen molar-refractivity contribution in [3.8, 4) is 0 Å². The summed E-state index contributed by atoms with van der Waals surface area (Å²) in [5, 5.41) is 1.74. The third kappa shape index (κ3) is 12.9. The quantitative estimate of drug-likeness (QED) is 0.112. The molecule has 0 saturated carbocycles. The number of carbonyl (C=O) groups excluding carboxylic acids is 1. The Hall–Kier alpha value is -1.72. The lowest BCUT2D eigenvalue weighted by atomic mass is 9.86. The van der Waals surface area contributed by atoms with Gasteiger partial charge in [0.15, 0.2) is 0 Å². The molecule has 4 nitrogen and oxygen atoms in total. The molecule has 0 aromatic heterocycles. The lowest BCUT2D eigenvalue weighted by molar-refractivity contribution is -0.0980. The fourth-order valence-electron chi connectivity index (χ4n) is 5.98. The monoisotopic (exact) mass is 574 g/mol. The minimum Gasteiger partial charge on any atom is -0.307 e. The van der Waals surface area contributed by atoms with Gasteiger partial charge in [-0.05, 0) is 60.6 Å². The van der Waals surface area contributed by atoms with Gasteiger partial charge in [-0.1, -0.05) is 141 Å². The van der Waals surface area contributed by atoms with Gasteiger partial charge in [0.1, 0.15) is 11.7 Å². The Morgan fingerprint density at radius 1 is 0.525 bits per heavy atom. The van der Waals surface area contributed by atoms with Crippen molar-refractivity contribution in [3.63, 3.8) is 0 Å². The molecular weight excluding hydrogens is 516 g/mol. The van der Waals surface area contributed by atoms with Gasteiger partial charge < -0.3 is 4.79 Å². The maximum atomic E-state index is 12.9. The van der Waals surface area contributed by atoms with Crippen molar-refractivity contribution in [1.29, 1.82) is 0 Å². The van der Waals surface area contributed by atoms with E-state index in [0.717, 1.165) is 55.9 Å². The number of fused-ring (bicyclic) bond motifs is 1. The van der Waals surface area contributed by atoms with Crippen LogP contribution in [-0.4, -0.2) is 19.8 Å². The molecule has 40 heavy (non-hydrogen) atoms. The normalized spacial score (nSPS) is 11.5. The second-order valence-corrected chi connectivity index (χ2v) is 12.7. The second kappa shape index (κ2) is 22.0. The summed E-state index contributed by atoms with van der Waals surface area (Å²) < 4.78 is 36.2. The van der Waals surface area contributed by atoms with E-state index in [2.05, 4.69) is 26.8 Å². The number of rotatable bonds is 22. The zero-order valence-corrected chi connectivity index (χ0v) is 26.8. The SMILES string of the molecule is C=O.CCCCCCCCc1c(CCCCCCCC)c(S(=O)(=O)O)c2ccccc2c1CCCCCCCC. The van der Waals surface area contributed by atoms with Crippen LogP contribution in [0, 0.1) is 0 Å². The van der Waals surface area contributed by atoms with Crippen molar-refractivity contribution in [3.05, 3.63) is 41.0 Å². The van der Waals surface area contributed by atoms with Crippen molar-refractivity contribution in [1.82, 2.24) is 0 Å². The average molecular weight is 575 g/mol. The fraction of sp³-hybridized carbons (Fsp3) is 0.686. The first-order valence-corrected chi connectivity index (χ1v) is 17.7. The van der Waals surface area contributed by atoms with Crippen LogP contribution in [0.3, 0.4) is 0 Å². The molecule has 5 heteroatoms. The molecule has 0 heterocycles. The smallest absolute Gasteiger partial charge is 0.295 e. The lowest BCUT2D eigenvalue weighted by Crippen LogP contribution is -2.12. The average Bonchev–Trinajstić information content (AvgIpc) is 2.95. The zero-order chi connectivity index (χ0) is 29.6. The Morgan fingerprint density at radius 3 is 1.30 bits per heavy atom. The van der Waals surface area contributed by atoms with Crippen molar-refractivity contribution in [2.45, 2.75) is 161 Å². The highest BCUT2D eigenvalue weighted by Crippen LogP contribution is 2.37. The highest BCUT2D eigenvalue weighted by molar-refractivity contribution is 7.86. The van der Waals surface area contributed by atoms with Gasteiger partial charge in [0.2, 0.25) is 0 Å². The fourth-order valence-corrected chi connectivity index (χ4v) is 6.97. The van der Waals surface area contributed by atoms with E-state index < -0.39 is 10.1 Å². The Labute approximate surface area is 246 Å². The predicted octanol–water partition coefficient (Wildman–Crippen LogP) is 10.6. The third-order valence-corrected chi connectivity index (χ3v) is 9.08. The van der Waals surface area contributed by atoms with Crippen molar-refractivity contribution in [2.24, 2.45) is 0 Å². The highest BCUT2D eigenvalue weighted by atomic mass is 32.2. The number of unbranched alkanes of at least 4 members (excludes halogenated alkanes) is 15. The van der Waals surface area contributed by atoms with Crippen molar-refractivity contribution in [2.75, 3.05) is 0 Å². The molecule has 0 aliphatic carbocycles. The van der Waals surface area contributed by atoms with E-state index in [1.54, 1.807) is 0 Å². The summed E-state index contributed by atoms with van der Waals surface area (Å²) in [6.07, 6.45) is 24.5. The molecule has 0 saturated heterocycles. The predicted molar refractivity (Wildman–Crippen MR) is 172 cm³/mol. The first kappa shape index (κ1) is 36.3. The molecule has 0 atom stereocenters. The zero-order valence-electron chi connectivity index (χ0n) is 25.9. The number of benzene rings is 2. The van der Waals surface area contributed by atoms with Gasteiger partial charge in [-0.15, -0.1) is 0 Å². The van der Waals surface area contributed by atoms with Crippen LogP contribution in [0.2, 0.25) is 0 Å². The molecule has 0 aliphatic heterocycles. The topological polar surface area (TPSA) is 71.4 Å². The molecule has 1 N–H and O–H groups in total. The summed E-state index contributed by atoms with van der Waals surface area (Å²) in [6, 6.07) is 7.91. The summed E-state index contributed by atoms with van der Waals surface area (Å²) in [5.74, 6) is 0. The summed E-state index contributed by atoms with van der Waals surface area (Å²) in [4.78, 5) is 8.19. The van der Waals surface area contributed by atoms with Crippen LogP contribution in [0.1, 0.15) is 153 Å². The first-order valence-electron chi connectivity index (χ1n) is 16.3. The molecule has 0 unspecified atom stereocenters. The van der Waals surface area contributed by atoms with E-state index in [4.69, 9.17) is 4.79 Å². The summed E-state index contributed by atoms with van der Waals surface area (Å²) >= 11 is 0. The van der Waals surface area contributed by atoms with Gasteiger partial charge in [0.25, 0.3) is 10.1 Å². The maximum Gasteiger partial charge on any atom is 0.295 e. The van der Waals surface area contributed by atoms with E-state index >= 15 is 0 Å². The summed E-state index contributed by atoms with van der Waals surface area (Å²) in [5.41, 5.74) is 3.49. The Morgan fingerprint density at radius 2 is 0.875 bits per heavy atom. The van der Waals surface area contributed by atoms with Crippen LogP contribution in [0.25, 0.3) is 10.8 Å². The molecule has 2 aromatic carbocycles. The van der Waals surface area contributed by atoms with E-state index in [-0.39, 0.29) is 4.90 Å². The minimum atomic E-state index is -4.33. The molecular formula is C35H58O4S. The van der Waals surface area contributed by atoms with Crippen LogP contribution in [-0.2, 0) is 34.2 Å². The van der Waals surface area contributed by atoms with Gasteiger partial charge in [0, 0.05) is 5.39 Å².